The molecule has 0 spiro atoms. The van der Waals surface area contributed by atoms with Gasteiger partial charge in [0.25, 0.3) is 0 Å². The first-order valence-electron chi connectivity index (χ1n) is 9.67. The van der Waals surface area contributed by atoms with Crippen molar-refractivity contribution in [2.75, 3.05) is 26.7 Å². The first-order valence-corrected chi connectivity index (χ1v) is 9.67. The summed E-state index contributed by atoms with van der Waals surface area (Å²) >= 11 is 0. The number of fused-ring (bicyclic) bond motifs is 1. The molecule has 0 aromatic heterocycles. The van der Waals surface area contributed by atoms with Gasteiger partial charge >= 0.3 is 0 Å². The molecule has 132 valence electrons. The maximum absolute atomic E-state index is 5.23. The monoisotopic (exact) mass is 330 g/mol. The molecule has 4 rings (SSSR count). The summed E-state index contributed by atoms with van der Waals surface area (Å²) < 4.78 is 0. The van der Waals surface area contributed by atoms with E-state index in [0.717, 1.165) is 36.4 Å². The van der Waals surface area contributed by atoms with Gasteiger partial charge < -0.3 is 9.79 Å². The van der Waals surface area contributed by atoms with Crippen molar-refractivity contribution < 1.29 is 9.78 Å². The third-order valence-electron chi connectivity index (χ3n) is 6.12. The number of hydrogen-bond donors (Lipinski definition) is 0. The molecule has 0 radical (unpaired) electrons. The van der Waals surface area contributed by atoms with Crippen LogP contribution in [0.1, 0.15) is 49.7 Å². The van der Waals surface area contributed by atoms with Crippen molar-refractivity contribution in [3.05, 3.63) is 29.3 Å². The van der Waals surface area contributed by atoms with Crippen molar-refractivity contribution in [3.8, 4) is 5.75 Å². The van der Waals surface area contributed by atoms with Crippen molar-refractivity contribution in [1.82, 2.24) is 9.80 Å². The first kappa shape index (κ1) is 16.4. The highest BCUT2D eigenvalue weighted by atomic mass is 17.2. The molecule has 2 heterocycles. The molecule has 1 saturated heterocycles. The third kappa shape index (κ3) is 3.46. The van der Waals surface area contributed by atoms with Crippen LogP contribution in [0.5, 0.6) is 5.75 Å². The number of nitrogens with zero attached hydrogens (tertiary/aromatic N) is 2. The second kappa shape index (κ2) is 7.42. The number of likely N-dealkylation sites (N-methyl/N-ethyl adjacent to an activating group) is 1. The van der Waals surface area contributed by atoms with Crippen LogP contribution in [0, 0.1) is 0 Å². The molecule has 2 aliphatic heterocycles. The van der Waals surface area contributed by atoms with Crippen LogP contribution in [-0.2, 0) is 17.9 Å². The minimum absolute atomic E-state index is 0.578. The summed E-state index contributed by atoms with van der Waals surface area (Å²) in [6, 6.07) is 8.03. The van der Waals surface area contributed by atoms with Gasteiger partial charge in [-0.3, -0.25) is 4.90 Å². The Morgan fingerprint density at radius 3 is 2.83 bits per heavy atom. The Kier molecular flexibility index (Phi) is 5.06. The zero-order chi connectivity index (χ0) is 16.4. The molecule has 1 saturated carbocycles. The van der Waals surface area contributed by atoms with Crippen LogP contribution in [0.4, 0.5) is 0 Å². The fourth-order valence-electron chi connectivity index (χ4n) is 4.68. The van der Waals surface area contributed by atoms with E-state index in [1.54, 1.807) is 0 Å². The van der Waals surface area contributed by atoms with Crippen molar-refractivity contribution in [2.45, 2.75) is 63.6 Å². The molecular weight excluding hydrogens is 300 g/mol. The lowest BCUT2D eigenvalue weighted by Gasteiger charge is -2.42. The predicted molar refractivity (Wildman–Crippen MR) is 95.0 cm³/mol. The minimum atomic E-state index is 0.578. The summed E-state index contributed by atoms with van der Waals surface area (Å²) in [6.07, 6.45) is 9.42. The Labute approximate surface area is 145 Å². The molecule has 0 unspecified atom stereocenters. The number of likely N-dealkylation sites (tertiary alicyclic amines) is 1. The molecule has 1 aromatic rings. The summed E-state index contributed by atoms with van der Waals surface area (Å²) in [5.74, 6) is 0.905. The predicted octanol–water partition coefficient (Wildman–Crippen LogP) is 3.39. The lowest BCUT2D eigenvalue weighted by Crippen LogP contribution is -2.51. The summed E-state index contributed by atoms with van der Waals surface area (Å²) in [4.78, 5) is 15.7. The van der Waals surface area contributed by atoms with E-state index in [2.05, 4.69) is 35.0 Å². The van der Waals surface area contributed by atoms with Gasteiger partial charge in [0.05, 0.1) is 0 Å². The highest BCUT2D eigenvalue weighted by Crippen LogP contribution is 2.30. The summed E-state index contributed by atoms with van der Waals surface area (Å²) in [6.45, 7) is 4.33. The minimum Gasteiger partial charge on any atom is -0.337 e. The zero-order valence-corrected chi connectivity index (χ0v) is 14.9. The fraction of sp³-hybridized carbons (Fsp3) is 0.700. The average molecular weight is 330 g/mol. The van der Waals surface area contributed by atoms with Crippen LogP contribution >= 0.6 is 0 Å². The van der Waals surface area contributed by atoms with Crippen LogP contribution < -0.4 is 4.89 Å². The smallest absolute Gasteiger partial charge is 0.171 e. The van der Waals surface area contributed by atoms with Crippen molar-refractivity contribution in [1.29, 1.82) is 0 Å². The number of rotatable bonds is 5. The quantitative estimate of drug-likeness (QED) is 0.773. The standard InChI is InChI=1S/C20H30N2O2/c1-21(13-10-16-8-9-17-15-23-24-20(17)14-16)18-6-2-3-7-19(18)22-11-4-5-12-22/h8-9,14,18-19H,2-7,10-13,15H2,1H3/t18-,19+/m1/s1. The number of hydrogen-bond acceptors (Lipinski definition) is 4. The molecule has 1 aromatic carbocycles. The molecule has 0 N–H and O–H groups in total. The summed E-state index contributed by atoms with van der Waals surface area (Å²) in [7, 11) is 2.33. The van der Waals surface area contributed by atoms with Crippen LogP contribution in [0.2, 0.25) is 0 Å². The van der Waals surface area contributed by atoms with Gasteiger partial charge in [-0.15, -0.1) is 0 Å². The Morgan fingerprint density at radius 1 is 1.12 bits per heavy atom. The van der Waals surface area contributed by atoms with Gasteiger partial charge in [0.2, 0.25) is 0 Å². The van der Waals surface area contributed by atoms with E-state index in [1.165, 1.54) is 57.2 Å². The Balaban J connectivity index is 1.36. The Morgan fingerprint density at radius 2 is 1.96 bits per heavy atom. The fourth-order valence-corrected chi connectivity index (χ4v) is 4.68. The summed E-state index contributed by atoms with van der Waals surface area (Å²) in [5, 5.41) is 0. The topological polar surface area (TPSA) is 24.9 Å². The van der Waals surface area contributed by atoms with E-state index in [0.29, 0.717) is 6.61 Å². The molecule has 1 aliphatic carbocycles. The molecule has 0 bridgehead atoms. The Bertz CT molecular complexity index is 557. The van der Waals surface area contributed by atoms with Gasteiger partial charge in [0, 0.05) is 24.2 Å². The molecule has 4 heteroatoms. The van der Waals surface area contributed by atoms with Crippen LogP contribution in [0.3, 0.4) is 0 Å². The van der Waals surface area contributed by atoms with Crippen LogP contribution in [0.25, 0.3) is 0 Å². The SMILES string of the molecule is CN(CCc1ccc2c(c1)OOC2)[C@@H]1CCCC[C@@H]1N1CCCC1. The molecule has 2 atom stereocenters. The number of benzene rings is 1. The maximum Gasteiger partial charge on any atom is 0.171 e. The van der Waals surface area contributed by atoms with E-state index in [4.69, 9.17) is 9.78 Å². The van der Waals surface area contributed by atoms with Gasteiger partial charge in [-0.2, -0.15) is 4.89 Å². The van der Waals surface area contributed by atoms with E-state index in [-0.39, 0.29) is 0 Å². The van der Waals surface area contributed by atoms with E-state index < -0.39 is 0 Å². The van der Waals surface area contributed by atoms with Gasteiger partial charge in [0.1, 0.15) is 6.61 Å². The normalized spacial score (nSPS) is 27.4. The second-order valence-corrected chi connectivity index (χ2v) is 7.68. The lowest BCUT2D eigenvalue weighted by molar-refractivity contribution is -0.194. The van der Waals surface area contributed by atoms with E-state index in [9.17, 15) is 0 Å². The third-order valence-corrected chi connectivity index (χ3v) is 6.12. The second-order valence-electron chi connectivity index (χ2n) is 7.68. The van der Waals surface area contributed by atoms with Crippen molar-refractivity contribution >= 4 is 0 Å². The zero-order valence-electron chi connectivity index (χ0n) is 14.9. The lowest BCUT2D eigenvalue weighted by atomic mass is 9.88. The Hall–Kier alpha value is -1.10. The average Bonchev–Trinajstić information content (AvgIpc) is 3.30. The molecule has 4 nitrogen and oxygen atoms in total. The molecular formula is C20H30N2O2. The highest BCUT2D eigenvalue weighted by molar-refractivity contribution is 5.38. The highest BCUT2D eigenvalue weighted by Gasteiger charge is 2.33. The van der Waals surface area contributed by atoms with Gasteiger partial charge in [0.15, 0.2) is 5.75 Å². The van der Waals surface area contributed by atoms with Crippen LogP contribution in [-0.4, -0.2) is 48.6 Å². The summed E-state index contributed by atoms with van der Waals surface area (Å²) in [5.41, 5.74) is 2.51. The maximum atomic E-state index is 5.23. The molecule has 2 fully saturated rings. The van der Waals surface area contributed by atoms with Gasteiger partial charge in [-0.25, -0.2) is 0 Å². The van der Waals surface area contributed by atoms with Crippen molar-refractivity contribution in [3.63, 3.8) is 0 Å². The van der Waals surface area contributed by atoms with Crippen molar-refractivity contribution in [2.24, 2.45) is 0 Å². The molecule has 3 aliphatic rings. The molecule has 24 heavy (non-hydrogen) atoms. The van der Waals surface area contributed by atoms with E-state index in [1.807, 2.05) is 0 Å². The first-order chi connectivity index (χ1) is 11.8. The van der Waals surface area contributed by atoms with Crippen LogP contribution in [0.15, 0.2) is 18.2 Å². The van der Waals surface area contributed by atoms with Gasteiger partial charge in [-0.05, 0) is 63.9 Å². The van der Waals surface area contributed by atoms with Gasteiger partial charge in [-0.1, -0.05) is 25.0 Å². The largest absolute Gasteiger partial charge is 0.337 e. The van der Waals surface area contributed by atoms with E-state index >= 15 is 0 Å². The molecule has 0 amide bonds.